The van der Waals surface area contributed by atoms with Gasteiger partial charge in [-0.05, 0) is 6.42 Å². The summed E-state index contributed by atoms with van der Waals surface area (Å²) in [5, 5.41) is 36.5. The number of carboxylic acid groups (broad SMARTS) is 3. The van der Waals surface area contributed by atoms with E-state index in [2.05, 4.69) is 5.32 Å². The first-order valence-electron chi connectivity index (χ1n) is 12.4. The zero-order chi connectivity index (χ0) is 28.6. The number of hydrogen-bond donors (Lipinski definition) is 1. The zero-order valence-electron chi connectivity index (χ0n) is 22.5. The molecule has 1 aliphatic rings. The Morgan fingerprint density at radius 3 is 1.24 bits per heavy atom. The van der Waals surface area contributed by atoms with Crippen molar-refractivity contribution in [1.82, 2.24) is 24.9 Å². The smallest absolute Gasteiger partial charge is 0.500 e. The van der Waals surface area contributed by atoms with Crippen LogP contribution in [0.1, 0.15) is 6.42 Å². The number of hydrogen-bond acceptors (Lipinski definition) is 14. The van der Waals surface area contributed by atoms with Gasteiger partial charge in [-0.3, -0.25) is 24.4 Å². The lowest BCUT2D eigenvalue weighted by molar-refractivity contribution is -0.308. The zero-order valence-corrected chi connectivity index (χ0v) is 23.5. The molecule has 1 aliphatic heterocycles. The predicted octanol–water partition coefficient (Wildman–Crippen LogP) is -6.16. The number of carbonyl (C=O) groups excluding carboxylic acids is 4. The highest BCUT2D eigenvalue weighted by Gasteiger charge is 2.36. The molecule has 0 aliphatic carbocycles. The van der Waals surface area contributed by atoms with E-state index in [0.29, 0.717) is 32.1 Å². The predicted molar refractivity (Wildman–Crippen MR) is 130 cm³/mol. The minimum Gasteiger partial charge on any atom is -0.549 e. The number of nitrogens with one attached hydrogen (secondary N) is 1. The topological polar surface area (TPSA) is 190 Å². The molecule has 1 N–H and O–H groups in total. The molecule has 1 heterocycles. The van der Waals surface area contributed by atoms with Crippen LogP contribution in [0.5, 0.6) is 0 Å². The van der Waals surface area contributed by atoms with Gasteiger partial charge in [0.05, 0.1) is 24.5 Å². The molecule has 1 saturated heterocycles. The maximum atomic E-state index is 12.6. The largest absolute Gasteiger partial charge is 0.549 e. The molecule has 1 rings (SSSR count). The van der Waals surface area contributed by atoms with Crippen LogP contribution in [-0.2, 0) is 32.5 Å². The number of amides is 1. The lowest BCUT2D eigenvalue weighted by Gasteiger charge is -2.34. The molecule has 1 amide bonds. The van der Waals surface area contributed by atoms with E-state index < -0.39 is 26.7 Å². The van der Waals surface area contributed by atoms with Gasteiger partial charge in [0.1, 0.15) is 0 Å². The molecule has 0 saturated carbocycles. The minimum atomic E-state index is -2.74. The van der Waals surface area contributed by atoms with E-state index in [1.807, 2.05) is 4.90 Å². The molecule has 0 unspecified atom stereocenters. The summed E-state index contributed by atoms with van der Waals surface area (Å²) in [6, 6.07) is 0.520. The van der Waals surface area contributed by atoms with Crippen LogP contribution in [0.3, 0.4) is 0 Å². The van der Waals surface area contributed by atoms with Gasteiger partial charge in [0, 0.05) is 106 Å². The van der Waals surface area contributed by atoms with Gasteiger partial charge in [0.25, 0.3) is 0 Å². The van der Waals surface area contributed by atoms with Crippen LogP contribution in [0.4, 0.5) is 0 Å². The van der Waals surface area contributed by atoms with E-state index in [1.165, 1.54) is 21.3 Å². The molecule has 0 aromatic rings. The number of rotatable bonds is 15. The molecular formula is C22H40N5O10Si-3. The Bertz CT molecular complexity index is 718. The maximum absolute atomic E-state index is 12.6. The van der Waals surface area contributed by atoms with Gasteiger partial charge in [-0.2, -0.15) is 0 Å². The average molecular weight is 563 g/mol. The van der Waals surface area contributed by atoms with Crippen molar-refractivity contribution in [3.05, 3.63) is 0 Å². The van der Waals surface area contributed by atoms with Crippen LogP contribution in [0, 0.1) is 0 Å². The van der Waals surface area contributed by atoms with Crippen molar-refractivity contribution < 1.29 is 47.8 Å². The van der Waals surface area contributed by atoms with Crippen LogP contribution in [0.2, 0.25) is 6.04 Å². The average Bonchev–Trinajstić information content (AvgIpc) is 2.85. The highest BCUT2D eigenvalue weighted by Crippen LogP contribution is 2.14. The Balaban J connectivity index is 2.83. The summed E-state index contributed by atoms with van der Waals surface area (Å²) in [6.45, 7) is 1.50. The van der Waals surface area contributed by atoms with Crippen molar-refractivity contribution in [2.75, 3.05) is 106 Å². The highest BCUT2D eigenvalue weighted by atomic mass is 28.4. The molecule has 0 bridgehead atoms. The number of carbonyl (C=O) groups is 4. The van der Waals surface area contributed by atoms with E-state index in [4.69, 9.17) is 13.3 Å². The third kappa shape index (κ3) is 14.1. The highest BCUT2D eigenvalue weighted by molar-refractivity contribution is 6.60. The molecule has 0 aromatic heterocycles. The second kappa shape index (κ2) is 18.2. The molecule has 1 fully saturated rings. The summed E-state index contributed by atoms with van der Waals surface area (Å²) in [7, 11) is 1.81. The Labute approximate surface area is 224 Å². The van der Waals surface area contributed by atoms with E-state index >= 15 is 0 Å². The third-order valence-electron chi connectivity index (χ3n) is 6.27. The lowest BCUT2D eigenvalue weighted by atomic mass is 10.3. The van der Waals surface area contributed by atoms with Gasteiger partial charge in [-0.25, -0.2) is 0 Å². The second-order valence-corrected chi connectivity index (χ2v) is 12.1. The lowest BCUT2D eigenvalue weighted by Crippen LogP contribution is -2.52. The summed E-state index contributed by atoms with van der Waals surface area (Å²) < 4.78 is 16.1. The first kappa shape index (κ1) is 33.8. The SMILES string of the molecule is CO[Si](CCCNC(=O)CN1CCN(CC(=O)[O-])CCN(CC(=O)[O-])CCN(CC(=O)[O-])CC1)(OC)OC. The first-order chi connectivity index (χ1) is 18.0. The molecule has 0 spiro atoms. The normalized spacial score (nSPS) is 17.9. The van der Waals surface area contributed by atoms with Crippen LogP contribution < -0.4 is 20.6 Å². The molecule has 15 nitrogen and oxygen atoms in total. The van der Waals surface area contributed by atoms with Crippen molar-refractivity contribution in [3.8, 4) is 0 Å². The summed E-state index contributed by atoms with van der Waals surface area (Å²) >= 11 is 0. The number of aliphatic carboxylic acids is 3. The third-order valence-corrected chi connectivity index (χ3v) is 9.10. The monoisotopic (exact) mass is 562 g/mol. The number of nitrogens with zero attached hydrogens (tertiary/aromatic N) is 4. The molecule has 38 heavy (non-hydrogen) atoms. The Hall–Kier alpha value is -2.18. The van der Waals surface area contributed by atoms with Gasteiger partial charge in [0.15, 0.2) is 0 Å². The molecular weight excluding hydrogens is 522 g/mol. The quantitative estimate of drug-likeness (QED) is 0.146. The Kier molecular flexibility index (Phi) is 16.2. The van der Waals surface area contributed by atoms with Crippen molar-refractivity contribution in [1.29, 1.82) is 0 Å². The van der Waals surface area contributed by atoms with Gasteiger partial charge >= 0.3 is 8.80 Å². The van der Waals surface area contributed by atoms with E-state index in [0.717, 1.165) is 0 Å². The second-order valence-electron chi connectivity index (χ2n) is 8.97. The van der Waals surface area contributed by atoms with Crippen LogP contribution in [0.15, 0.2) is 0 Å². The van der Waals surface area contributed by atoms with Crippen LogP contribution >= 0.6 is 0 Å². The van der Waals surface area contributed by atoms with Crippen LogP contribution in [0.25, 0.3) is 0 Å². The molecule has 0 atom stereocenters. The fourth-order valence-corrected chi connectivity index (χ4v) is 5.83. The number of carboxylic acids is 3. The standard InChI is InChI=1S/C22H43N5O10Si/c1-35-38(36-2,37-3)14-4-5-23-19(28)15-24-6-8-25(16-20(29)30)10-12-27(18-22(33)34)13-11-26(9-7-24)17-21(31)32/h4-18H2,1-3H3,(H,23,28)(H,29,30)(H,31,32)(H,33,34)/p-3. The summed E-state index contributed by atoms with van der Waals surface area (Å²) in [6.07, 6.45) is 0.578. The van der Waals surface area contributed by atoms with Crippen molar-refractivity contribution in [3.63, 3.8) is 0 Å². The summed E-state index contributed by atoms with van der Waals surface area (Å²) in [4.78, 5) is 52.9. The van der Waals surface area contributed by atoms with E-state index in [9.17, 15) is 34.5 Å². The summed E-state index contributed by atoms with van der Waals surface area (Å²) in [5.74, 6) is -4.06. The van der Waals surface area contributed by atoms with Crippen molar-refractivity contribution in [2.24, 2.45) is 0 Å². The first-order valence-corrected chi connectivity index (χ1v) is 14.4. The molecule has 16 heteroatoms. The van der Waals surface area contributed by atoms with Gasteiger partial charge < -0.3 is 48.3 Å². The molecule has 220 valence electrons. The van der Waals surface area contributed by atoms with Crippen molar-refractivity contribution in [2.45, 2.75) is 12.5 Å². The van der Waals surface area contributed by atoms with Gasteiger partial charge in [0.2, 0.25) is 5.91 Å². The van der Waals surface area contributed by atoms with Gasteiger partial charge in [-0.1, -0.05) is 0 Å². The van der Waals surface area contributed by atoms with E-state index in [-0.39, 0.29) is 71.4 Å². The van der Waals surface area contributed by atoms with Gasteiger partial charge in [-0.15, -0.1) is 0 Å². The van der Waals surface area contributed by atoms with E-state index in [1.54, 1.807) is 14.7 Å². The molecule has 0 aromatic carbocycles. The Morgan fingerprint density at radius 1 is 0.632 bits per heavy atom. The van der Waals surface area contributed by atoms with Crippen molar-refractivity contribution >= 4 is 32.6 Å². The van der Waals surface area contributed by atoms with Crippen LogP contribution in [-0.4, -0.2) is 159 Å². The molecule has 0 radical (unpaired) electrons. The summed E-state index contributed by atoms with van der Waals surface area (Å²) in [5.41, 5.74) is 0. The fraction of sp³-hybridized carbons (Fsp3) is 0.818. The minimum absolute atomic E-state index is 0.0243. The fourth-order valence-electron chi connectivity index (χ4n) is 4.11. The maximum Gasteiger partial charge on any atom is 0.500 e. The Morgan fingerprint density at radius 2 is 0.947 bits per heavy atom.